The summed E-state index contributed by atoms with van der Waals surface area (Å²) in [6.07, 6.45) is 6.06. The maximum absolute atomic E-state index is 11.5. The number of carboxylic acids is 1. The molecule has 9 heteroatoms. The number of carbonyl (C=O) groups is 1. The second kappa shape index (κ2) is 6.49. The largest absolute Gasteiger partial charge is 0.477 e. The predicted octanol–water partition coefficient (Wildman–Crippen LogP) is 4.35. The molecule has 0 aliphatic heterocycles. The van der Waals surface area contributed by atoms with Gasteiger partial charge in [-0.25, -0.2) is 9.78 Å². The van der Waals surface area contributed by atoms with Crippen LogP contribution in [0.4, 0.5) is 11.5 Å². The third kappa shape index (κ3) is 3.26. The number of hydrogen-bond acceptors (Lipinski definition) is 6. The average Bonchev–Trinajstić information content (AvgIpc) is 2.96. The second-order valence-corrected chi connectivity index (χ2v) is 6.16. The lowest BCUT2D eigenvalue weighted by Gasteiger charge is -2.07. The number of hydrogen-bond donors (Lipinski definition) is 2. The van der Waals surface area contributed by atoms with E-state index in [0.717, 1.165) is 16.9 Å². The van der Waals surface area contributed by atoms with Gasteiger partial charge in [-0.05, 0) is 12.1 Å². The third-order valence-corrected chi connectivity index (χ3v) is 4.49. The van der Waals surface area contributed by atoms with Gasteiger partial charge in [-0.3, -0.25) is 9.97 Å². The van der Waals surface area contributed by atoms with Crippen molar-refractivity contribution in [2.45, 2.75) is 0 Å². The highest BCUT2D eigenvalue weighted by molar-refractivity contribution is 7.17. The van der Waals surface area contributed by atoms with Gasteiger partial charge in [0.05, 0.1) is 15.7 Å². The van der Waals surface area contributed by atoms with Crippen LogP contribution in [-0.2, 0) is 0 Å². The molecule has 0 saturated carbocycles. The fourth-order valence-corrected chi connectivity index (χ4v) is 3.12. The number of thiazole rings is 1. The Hall–Kier alpha value is -2.22. The summed E-state index contributed by atoms with van der Waals surface area (Å²) >= 11 is 13.1. The maximum atomic E-state index is 11.5. The molecule has 0 amide bonds. The molecular weight excluding hydrogens is 359 g/mol. The molecule has 3 aromatic heterocycles. The molecule has 0 aromatic carbocycles. The van der Waals surface area contributed by atoms with Crippen LogP contribution in [0, 0.1) is 0 Å². The highest BCUT2D eigenvalue weighted by Gasteiger charge is 2.20. The van der Waals surface area contributed by atoms with Crippen LogP contribution in [0.5, 0.6) is 0 Å². The van der Waals surface area contributed by atoms with Crippen LogP contribution < -0.4 is 5.32 Å². The average molecular weight is 367 g/mol. The Morgan fingerprint density at radius 1 is 1.17 bits per heavy atom. The van der Waals surface area contributed by atoms with E-state index < -0.39 is 5.97 Å². The number of pyridine rings is 2. The Bertz CT molecular complexity index is 850. The van der Waals surface area contributed by atoms with Crippen molar-refractivity contribution in [3.05, 3.63) is 51.8 Å². The van der Waals surface area contributed by atoms with E-state index in [4.69, 9.17) is 23.2 Å². The second-order valence-electron chi connectivity index (χ2n) is 4.35. The standard InChI is InChI=1S/C14H8Cl2N4O2S/c15-8-5-18-6-9(16)10(8)19-12-11(14(21)22)23-13(20-12)7-2-1-3-17-4-7/h1-6H,(H,18,19)(H,21,22). The molecule has 0 unspecified atom stereocenters. The molecule has 6 nitrogen and oxygen atoms in total. The van der Waals surface area contributed by atoms with E-state index in [1.54, 1.807) is 24.5 Å². The summed E-state index contributed by atoms with van der Waals surface area (Å²) in [5, 5.41) is 13.3. The molecule has 0 saturated heterocycles. The zero-order chi connectivity index (χ0) is 16.4. The lowest BCUT2D eigenvalue weighted by molar-refractivity contribution is 0.0703. The van der Waals surface area contributed by atoms with Crippen LogP contribution in [-0.4, -0.2) is 26.0 Å². The molecule has 0 aliphatic rings. The number of carboxylic acid groups (broad SMARTS) is 1. The highest BCUT2D eigenvalue weighted by atomic mass is 35.5. The van der Waals surface area contributed by atoms with Crippen LogP contribution in [0.1, 0.15) is 9.67 Å². The van der Waals surface area contributed by atoms with Crippen molar-refractivity contribution in [3.8, 4) is 10.6 Å². The van der Waals surface area contributed by atoms with Gasteiger partial charge in [-0.2, -0.15) is 0 Å². The van der Waals surface area contributed by atoms with Crippen LogP contribution in [0.25, 0.3) is 10.6 Å². The lowest BCUT2D eigenvalue weighted by atomic mass is 10.3. The Labute approximate surface area is 144 Å². The van der Waals surface area contributed by atoms with Gasteiger partial charge in [-0.1, -0.05) is 23.2 Å². The normalized spacial score (nSPS) is 10.5. The molecule has 23 heavy (non-hydrogen) atoms. The molecule has 0 radical (unpaired) electrons. The number of nitrogens with one attached hydrogen (secondary N) is 1. The third-order valence-electron chi connectivity index (χ3n) is 2.83. The minimum atomic E-state index is -1.10. The first-order valence-corrected chi connectivity index (χ1v) is 7.84. The number of anilines is 2. The molecule has 116 valence electrons. The van der Waals surface area contributed by atoms with E-state index >= 15 is 0 Å². The van der Waals surface area contributed by atoms with Crippen molar-refractivity contribution in [3.63, 3.8) is 0 Å². The minimum Gasteiger partial charge on any atom is -0.477 e. The first-order valence-electron chi connectivity index (χ1n) is 6.27. The highest BCUT2D eigenvalue weighted by Crippen LogP contribution is 2.36. The predicted molar refractivity (Wildman–Crippen MR) is 89.8 cm³/mol. The topological polar surface area (TPSA) is 88.0 Å². The fourth-order valence-electron chi connectivity index (χ4n) is 1.81. The Morgan fingerprint density at radius 3 is 2.52 bits per heavy atom. The van der Waals surface area contributed by atoms with Crippen molar-refractivity contribution >= 4 is 52.0 Å². The van der Waals surface area contributed by atoms with Crippen molar-refractivity contribution in [1.29, 1.82) is 0 Å². The zero-order valence-electron chi connectivity index (χ0n) is 11.3. The molecule has 0 spiro atoms. The van der Waals surface area contributed by atoms with Crippen molar-refractivity contribution < 1.29 is 9.90 Å². The van der Waals surface area contributed by atoms with Gasteiger partial charge >= 0.3 is 5.97 Å². The Morgan fingerprint density at radius 2 is 1.91 bits per heavy atom. The van der Waals surface area contributed by atoms with Gasteiger partial charge in [0, 0.05) is 30.4 Å². The Balaban J connectivity index is 2.05. The molecule has 3 rings (SSSR count). The van der Waals surface area contributed by atoms with Crippen LogP contribution >= 0.6 is 34.5 Å². The summed E-state index contributed by atoms with van der Waals surface area (Å²) in [7, 11) is 0. The van der Waals surface area contributed by atoms with Gasteiger partial charge in [0.2, 0.25) is 0 Å². The van der Waals surface area contributed by atoms with Crippen molar-refractivity contribution in [1.82, 2.24) is 15.0 Å². The van der Waals surface area contributed by atoms with Gasteiger partial charge in [-0.15, -0.1) is 11.3 Å². The van der Waals surface area contributed by atoms with Crippen LogP contribution in [0.2, 0.25) is 10.0 Å². The summed E-state index contributed by atoms with van der Waals surface area (Å²) in [6, 6.07) is 3.55. The minimum absolute atomic E-state index is 0.0489. The summed E-state index contributed by atoms with van der Waals surface area (Å²) in [5.41, 5.74) is 1.08. The number of rotatable bonds is 4. The first kappa shape index (κ1) is 15.7. The van der Waals surface area contributed by atoms with Crippen molar-refractivity contribution in [2.75, 3.05) is 5.32 Å². The maximum Gasteiger partial charge on any atom is 0.349 e. The molecule has 0 fully saturated rings. The lowest BCUT2D eigenvalue weighted by Crippen LogP contribution is -2.01. The molecule has 3 aromatic rings. The van der Waals surface area contributed by atoms with Gasteiger partial charge in [0.25, 0.3) is 0 Å². The molecule has 0 bridgehead atoms. The van der Waals surface area contributed by atoms with Gasteiger partial charge in [0.1, 0.15) is 5.01 Å². The number of aromatic nitrogens is 3. The molecular formula is C14H8Cl2N4O2S. The van der Waals surface area contributed by atoms with Gasteiger partial charge < -0.3 is 10.4 Å². The van der Waals surface area contributed by atoms with E-state index in [0.29, 0.717) is 10.7 Å². The summed E-state index contributed by atoms with van der Waals surface area (Å²) < 4.78 is 0. The summed E-state index contributed by atoms with van der Waals surface area (Å²) in [4.78, 5) is 23.7. The molecule has 0 aliphatic carbocycles. The quantitative estimate of drug-likeness (QED) is 0.713. The molecule has 0 atom stereocenters. The fraction of sp³-hybridized carbons (Fsp3) is 0. The SMILES string of the molecule is O=C(O)c1sc(-c2cccnc2)nc1Nc1c(Cl)cncc1Cl. The van der Waals surface area contributed by atoms with Gasteiger partial charge in [0.15, 0.2) is 10.7 Å². The number of aromatic carboxylic acids is 1. The van der Waals surface area contributed by atoms with E-state index in [9.17, 15) is 9.90 Å². The summed E-state index contributed by atoms with van der Waals surface area (Å²) in [5.74, 6) is -0.933. The van der Waals surface area contributed by atoms with Crippen molar-refractivity contribution in [2.24, 2.45) is 0 Å². The smallest absolute Gasteiger partial charge is 0.349 e. The van der Waals surface area contributed by atoms with E-state index in [2.05, 4.69) is 20.3 Å². The number of nitrogens with zero attached hydrogens (tertiary/aromatic N) is 3. The van der Waals surface area contributed by atoms with Crippen LogP contribution in [0.3, 0.4) is 0 Å². The monoisotopic (exact) mass is 366 g/mol. The number of halogens is 2. The zero-order valence-corrected chi connectivity index (χ0v) is 13.7. The molecule has 3 heterocycles. The first-order chi connectivity index (χ1) is 11.1. The van der Waals surface area contributed by atoms with E-state index in [1.165, 1.54) is 12.4 Å². The Kier molecular flexibility index (Phi) is 4.42. The van der Waals surface area contributed by atoms with E-state index in [1.807, 2.05) is 0 Å². The van der Waals surface area contributed by atoms with Crippen LogP contribution in [0.15, 0.2) is 36.9 Å². The summed E-state index contributed by atoms with van der Waals surface area (Å²) in [6.45, 7) is 0. The van der Waals surface area contributed by atoms with E-state index in [-0.39, 0.29) is 20.7 Å². The molecule has 2 N–H and O–H groups in total.